The number of nitrogens with two attached hydrogens (primary N) is 1. The first kappa shape index (κ1) is 18.2. The van der Waals surface area contributed by atoms with E-state index in [1.165, 1.54) is 17.0 Å². The van der Waals surface area contributed by atoms with Gasteiger partial charge in [0.05, 0.1) is 5.56 Å². The van der Waals surface area contributed by atoms with Crippen molar-refractivity contribution < 1.29 is 22.7 Å². The Hall–Kier alpha value is -2.18. The topological polar surface area (TPSA) is 55.6 Å². The fourth-order valence-corrected chi connectivity index (χ4v) is 2.48. The molecule has 1 aromatic carbocycles. The zero-order valence-electron chi connectivity index (χ0n) is 13.9. The van der Waals surface area contributed by atoms with Gasteiger partial charge < -0.3 is 15.4 Å². The third-order valence-corrected chi connectivity index (χ3v) is 3.56. The standard InChI is InChI=1S/C17H21F3N2O2/c1-16(2,3)24-15(23)22-8-6-11(7-9-22)13-5-4-12(21)10-14(13)17(18,19)20/h4-6,10H,7-9,21H2,1-3H3. The van der Waals surface area contributed by atoms with Crippen LogP contribution in [-0.2, 0) is 10.9 Å². The number of carbonyl (C=O) groups is 1. The molecule has 1 aliphatic heterocycles. The molecule has 0 saturated carbocycles. The van der Waals surface area contributed by atoms with Crippen LogP contribution >= 0.6 is 0 Å². The number of ether oxygens (including phenoxy) is 1. The fraction of sp³-hybridized carbons (Fsp3) is 0.471. The first-order valence-corrected chi connectivity index (χ1v) is 7.61. The number of hydrogen-bond donors (Lipinski definition) is 1. The van der Waals surface area contributed by atoms with Crippen LogP contribution in [0.2, 0.25) is 0 Å². The summed E-state index contributed by atoms with van der Waals surface area (Å²) in [7, 11) is 0. The predicted octanol–water partition coefficient (Wildman–Crippen LogP) is 4.31. The summed E-state index contributed by atoms with van der Waals surface area (Å²) in [4.78, 5) is 13.5. The molecule has 1 heterocycles. The lowest BCUT2D eigenvalue weighted by molar-refractivity contribution is -0.137. The number of carbonyl (C=O) groups excluding carboxylic acids is 1. The van der Waals surface area contributed by atoms with Gasteiger partial charge in [-0.1, -0.05) is 12.1 Å². The van der Waals surface area contributed by atoms with Gasteiger partial charge in [-0.15, -0.1) is 0 Å². The van der Waals surface area contributed by atoms with Crippen LogP contribution in [0, 0.1) is 0 Å². The Balaban J connectivity index is 2.21. The Morgan fingerprint density at radius 3 is 2.42 bits per heavy atom. The predicted molar refractivity (Wildman–Crippen MR) is 86.3 cm³/mol. The largest absolute Gasteiger partial charge is 0.444 e. The van der Waals surface area contributed by atoms with Gasteiger partial charge in [0.25, 0.3) is 0 Å². The maximum atomic E-state index is 13.2. The van der Waals surface area contributed by atoms with Gasteiger partial charge >= 0.3 is 12.3 Å². The Bertz CT molecular complexity index is 661. The summed E-state index contributed by atoms with van der Waals surface area (Å²) >= 11 is 0. The van der Waals surface area contributed by atoms with E-state index >= 15 is 0 Å². The Morgan fingerprint density at radius 2 is 1.92 bits per heavy atom. The Labute approximate surface area is 139 Å². The maximum Gasteiger partial charge on any atom is 0.417 e. The number of nitrogens with zero attached hydrogens (tertiary/aromatic N) is 1. The molecule has 0 aromatic heterocycles. The Morgan fingerprint density at radius 1 is 1.25 bits per heavy atom. The van der Waals surface area contributed by atoms with Crippen molar-refractivity contribution in [1.82, 2.24) is 4.90 Å². The van der Waals surface area contributed by atoms with Crippen molar-refractivity contribution in [2.45, 2.75) is 39.0 Å². The molecule has 7 heteroatoms. The normalized spacial score (nSPS) is 15.9. The van der Waals surface area contributed by atoms with E-state index in [2.05, 4.69) is 0 Å². The highest BCUT2D eigenvalue weighted by atomic mass is 19.4. The van der Waals surface area contributed by atoms with E-state index in [1.54, 1.807) is 26.8 Å². The van der Waals surface area contributed by atoms with Gasteiger partial charge in [-0.2, -0.15) is 13.2 Å². The van der Waals surface area contributed by atoms with Crippen molar-refractivity contribution in [2.24, 2.45) is 0 Å². The molecule has 0 bridgehead atoms. The zero-order valence-corrected chi connectivity index (χ0v) is 13.9. The van der Waals surface area contributed by atoms with Gasteiger partial charge in [-0.3, -0.25) is 0 Å². The van der Waals surface area contributed by atoms with Crippen LogP contribution in [0.1, 0.15) is 38.3 Å². The highest BCUT2D eigenvalue weighted by molar-refractivity contribution is 5.75. The van der Waals surface area contributed by atoms with Crippen molar-refractivity contribution >= 4 is 17.4 Å². The molecule has 0 aliphatic carbocycles. The second-order valence-corrected chi connectivity index (χ2v) is 6.71. The van der Waals surface area contributed by atoms with Crippen molar-refractivity contribution in [3.63, 3.8) is 0 Å². The molecule has 0 saturated heterocycles. The van der Waals surface area contributed by atoms with E-state index in [0.29, 0.717) is 18.5 Å². The molecule has 132 valence electrons. The number of nitrogen functional groups attached to an aromatic ring is 1. The third kappa shape index (κ3) is 4.43. The van der Waals surface area contributed by atoms with Gasteiger partial charge in [-0.05, 0) is 50.5 Å². The second kappa shape index (κ2) is 6.37. The highest BCUT2D eigenvalue weighted by Crippen LogP contribution is 2.37. The van der Waals surface area contributed by atoms with Crippen molar-refractivity contribution in [2.75, 3.05) is 18.8 Å². The lowest BCUT2D eigenvalue weighted by Crippen LogP contribution is -2.39. The first-order chi connectivity index (χ1) is 11.0. The van der Waals surface area contributed by atoms with E-state index < -0.39 is 23.4 Å². The van der Waals surface area contributed by atoms with Crippen LogP contribution in [0.15, 0.2) is 24.3 Å². The molecule has 0 fully saturated rings. The summed E-state index contributed by atoms with van der Waals surface area (Å²) in [5.41, 5.74) is 4.86. The summed E-state index contributed by atoms with van der Waals surface area (Å²) in [6.07, 6.45) is -2.99. The second-order valence-electron chi connectivity index (χ2n) is 6.71. The fourth-order valence-electron chi connectivity index (χ4n) is 2.48. The molecule has 0 unspecified atom stereocenters. The number of alkyl halides is 3. The van der Waals surface area contributed by atoms with Gasteiger partial charge in [0.1, 0.15) is 5.60 Å². The van der Waals surface area contributed by atoms with E-state index in [1.807, 2.05) is 0 Å². The first-order valence-electron chi connectivity index (χ1n) is 7.61. The molecular formula is C17H21F3N2O2. The molecule has 2 rings (SSSR count). The number of halogens is 3. The molecule has 0 radical (unpaired) electrons. The molecule has 1 aromatic rings. The molecule has 24 heavy (non-hydrogen) atoms. The highest BCUT2D eigenvalue weighted by Gasteiger charge is 2.35. The number of anilines is 1. The molecule has 1 aliphatic rings. The van der Waals surface area contributed by atoms with Gasteiger partial charge in [0, 0.05) is 18.8 Å². The lowest BCUT2D eigenvalue weighted by atomic mass is 9.94. The van der Waals surface area contributed by atoms with Gasteiger partial charge in [-0.25, -0.2) is 4.79 Å². The number of amides is 1. The summed E-state index contributed by atoms with van der Waals surface area (Å²) in [5, 5.41) is 0. The molecular weight excluding hydrogens is 321 g/mol. The average Bonchev–Trinajstić information content (AvgIpc) is 2.44. The van der Waals surface area contributed by atoms with Crippen molar-refractivity contribution in [1.29, 1.82) is 0 Å². The third-order valence-electron chi connectivity index (χ3n) is 3.56. The van der Waals surface area contributed by atoms with Crippen LogP contribution in [0.3, 0.4) is 0 Å². The summed E-state index contributed by atoms with van der Waals surface area (Å²) in [6.45, 7) is 5.81. The molecule has 0 atom stereocenters. The van der Waals surface area contributed by atoms with Crippen LogP contribution < -0.4 is 5.73 Å². The Kier molecular flexibility index (Phi) is 4.82. The van der Waals surface area contributed by atoms with E-state index in [-0.39, 0.29) is 17.8 Å². The van der Waals surface area contributed by atoms with Crippen LogP contribution in [0.25, 0.3) is 5.57 Å². The molecule has 4 nitrogen and oxygen atoms in total. The molecule has 0 spiro atoms. The van der Waals surface area contributed by atoms with Gasteiger partial charge in [0.15, 0.2) is 0 Å². The number of hydrogen-bond acceptors (Lipinski definition) is 3. The maximum absolute atomic E-state index is 13.2. The monoisotopic (exact) mass is 342 g/mol. The molecule has 1 amide bonds. The molecule has 2 N–H and O–H groups in total. The summed E-state index contributed by atoms with van der Waals surface area (Å²) in [6, 6.07) is 3.77. The number of rotatable bonds is 1. The van der Waals surface area contributed by atoms with E-state index in [4.69, 9.17) is 10.5 Å². The quantitative estimate of drug-likeness (QED) is 0.774. The smallest absolute Gasteiger partial charge is 0.417 e. The van der Waals surface area contributed by atoms with Crippen LogP contribution in [0.4, 0.5) is 23.7 Å². The lowest BCUT2D eigenvalue weighted by Gasteiger charge is -2.30. The van der Waals surface area contributed by atoms with E-state index in [9.17, 15) is 18.0 Å². The van der Waals surface area contributed by atoms with Gasteiger partial charge in [0.2, 0.25) is 0 Å². The summed E-state index contributed by atoms with van der Waals surface area (Å²) in [5.74, 6) is 0. The zero-order chi connectivity index (χ0) is 18.1. The van der Waals surface area contributed by atoms with Crippen molar-refractivity contribution in [3.8, 4) is 0 Å². The SMILES string of the molecule is CC(C)(C)OC(=O)N1CC=C(c2ccc(N)cc2C(F)(F)F)CC1. The average molecular weight is 342 g/mol. The summed E-state index contributed by atoms with van der Waals surface area (Å²) < 4.78 is 44.9. The minimum Gasteiger partial charge on any atom is -0.444 e. The van der Waals surface area contributed by atoms with E-state index in [0.717, 1.165) is 6.07 Å². The minimum absolute atomic E-state index is 0.0675. The van der Waals surface area contributed by atoms with Crippen LogP contribution in [-0.4, -0.2) is 29.7 Å². The number of benzene rings is 1. The minimum atomic E-state index is -4.48. The van der Waals surface area contributed by atoms with Crippen molar-refractivity contribution in [3.05, 3.63) is 35.4 Å². The van der Waals surface area contributed by atoms with Crippen LogP contribution in [0.5, 0.6) is 0 Å².